The minimum atomic E-state index is -0.130. The van der Waals surface area contributed by atoms with Gasteiger partial charge in [0.25, 0.3) is 5.91 Å². The van der Waals surface area contributed by atoms with Gasteiger partial charge >= 0.3 is 0 Å². The van der Waals surface area contributed by atoms with Gasteiger partial charge in [-0.15, -0.1) is 11.8 Å². The van der Waals surface area contributed by atoms with Gasteiger partial charge in [-0.1, -0.05) is 31.2 Å². The molecule has 1 aromatic carbocycles. The summed E-state index contributed by atoms with van der Waals surface area (Å²) in [5.74, 6) is 1.56. The van der Waals surface area contributed by atoms with Crippen molar-refractivity contribution in [2.24, 2.45) is 0 Å². The lowest BCUT2D eigenvalue weighted by atomic mass is 9.88. The summed E-state index contributed by atoms with van der Waals surface area (Å²) in [7, 11) is 0. The Kier molecular flexibility index (Phi) is 5.48. The van der Waals surface area contributed by atoms with Crippen molar-refractivity contribution in [2.75, 3.05) is 11.1 Å². The van der Waals surface area contributed by atoms with Gasteiger partial charge in [-0.25, -0.2) is 9.67 Å². The molecule has 0 spiro atoms. The lowest BCUT2D eigenvalue weighted by molar-refractivity contribution is 0.102. The van der Waals surface area contributed by atoms with Gasteiger partial charge in [0.15, 0.2) is 0 Å². The van der Waals surface area contributed by atoms with Crippen molar-refractivity contribution in [1.29, 1.82) is 0 Å². The summed E-state index contributed by atoms with van der Waals surface area (Å²) in [6.45, 7) is 4.06. The minimum absolute atomic E-state index is 0.130. The SMILES string of the molecule is CCSc1cc(C(=O)Nc2c(C)cnn2C2CCCc3ccccc32)ccn1. The van der Waals surface area contributed by atoms with E-state index in [1.54, 1.807) is 24.0 Å². The molecule has 2 heterocycles. The third-order valence-corrected chi connectivity index (χ3v) is 5.94. The van der Waals surface area contributed by atoms with E-state index < -0.39 is 0 Å². The van der Waals surface area contributed by atoms with Gasteiger partial charge in [-0.3, -0.25) is 4.79 Å². The number of aryl methyl sites for hydroxylation is 2. The molecule has 1 N–H and O–H groups in total. The zero-order valence-electron chi connectivity index (χ0n) is 16.2. The molecule has 1 aliphatic rings. The number of carbonyl (C=O) groups is 1. The topological polar surface area (TPSA) is 59.8 Å². The van der Waals surface area contributed by atoms with E-state index in [9.17, 15) is 4.79 Å². The summed E-state index contributed by atoms with van der Waals surface area (Å²) in [4.78, 5) is 17.2. The van der Waals surface area contributed by atoms with E-state index in [0.717, 1.165) is 41.4 Å². The number of fused-ring (bicyclic) bond motifs is 1. The standard InChI is InChI=1S/C22H24N4OS/c1-3-28-20-13-17(11-12-23-20)22(27)25-21-15(2)14-24-26(21)19-10-6-8-16-7-4-5-9-18(16)19/h4-5,7,9,11-14,19H,3,6,8,10H2,1-2H3,(H,25,27). The molecular formula is C22H24N4OS. The molecule has 0 saturated heterocycles. The summed E-state index contributed by atoms with van der Waals surface area (Å²) in [5.41, 5.74) is 4.26. The minimum Gasteiger partial charge on any atom is -0.307 e. The van der Waals surface area contributed by atoms with Crippen LogP contribution in [0.3, 0.4) is 0 Å². The molecule has 0 saturated carbocycles. The van der Waals surface area contributed by atoms with Crippen molar-refractivity contribution in [1.82, 2.24) is 14.8 Å². The molecular weight excluding hydrogens is 368 g/mol. The molecule has 144 valence electrons. The Morgan fingerprint density at radius 2 is 2.18 bits per heavy atom. The van der Waals surface area contributed by atoms with Gasteiger partial charge < -0.3 is 5.32 Å². The number of anilines is 1. The van der Waals surface area contributed by atoms with E-state index in [1.165, 1.54) is 11.1 Å². The van der Waals surface area contributed by atoms with Crippen LogP contribution >= 0.6 is 11.8 Å². The predicted octanol–water partition coefficient (Wildman–Crippen LogP) is 4.88. The first kappa shape index (κ1) is 18.7. The maximum Gasteiger partial charge on any atom is 0.256 e. The molecule has 5 nitrogen and oxygen atoms in total. The first-order valence-corrected chi connectivity index (χ1v) is 10.7. The Balaban J connectivity index is 1.63. The predicted molar refractivity (Wildman–Crippen MR) is 113 cm³/mol. The second-order valence-corrected chi connectivity index (χ2v) is 8.28. The fraction of sp³-hybridized carbons (Fsp3) is 0.318. The number of nitrogens with one attached hydrogen (secondary N) is 1. The molecule has 4 rings (SSSR count). The fourth-order valence-corrected chi connectivity index (χ4v) is 4.42. The number of carbonyl (C=O) groups excluding carboxylic acids is 1. The number of rotatable bonds is 5. The van der Waals surface area contributed by atoms with Crippen LogP contribution in [0.5, 0.6) is 0 Å². The van der Waals surface area contributed by atoms with Crippen LogP contribution in [-0.2, 0) is 6.42 Å². The first-order chi connectivity index (χ1) is 13.7. The highest BCUT2D eigenvalue weighted by Gasteiger charge is 2.25. The monoisotopic (exact) mass is 392 g/mol. The summed E-state index contributed by atoms with van der Waals surface area (Å²) in [5, 5.41) is 8.58. The number of pyridine rings is 1. The van der Waals surface area contributed by atoms with E-state index >= 15 is 0 Å². The molecule has 28 heavy (non-hydrogen) atoms. The molecule has 0 bridgehead atoms. The number of nitrogens with zero attached hydrogens (tertiary/aromatic N) is 3. The van der Waals surface area contributed by atoms with Gasteiger partial charge in [0.05, 0.1) is 17.3 Å². The number of hydrogen-bond acceptors (Lipinski definition) is 4. The molecule has 0 aliphatic heterocycles. The molecule has 3 aromatic rings. The molecule has 1 amide bonds. The van der Waals surface area contributed by atoms with Gasteiger partial charge in [-0.05, 0) is 55.2 Å². The van der Waals surface area contributed by atoms with Crippen molar-refractivity contribution in [3.63, 3.8) is 0 Å². The molecule has 6 heteroatoms. The van der Waals surface area contributed by atoms with Crippen LogP contribution < -0.4 is 5.32 Å². The first-order valence-electron chi connectivity index (χ1n) is 9.69. The Labute approximate surface area is 169 Å². The van der Waals surface area contributed by atoms with Crippen molar-refractivity contribution >= 4 is 23.5 Å². The largest absolute Gasteiger partial charge is 0.307 e. The molecule has 2 aromatic heterocycles. The highest BCUT2D eigenvalue weighted by Crippen LogP contribution is 2.35. The lowest BCUT2D eigenvalue weighted by Gasteiger charge is -2.27. The molecule has 0 radical (unpaired) electrons. The maximum atomic E-state index is 12.9. The van der Waals surface area contributed by atoms with Crippen LogP contribution in [0.25, 0.3) is 0 Å². The van der Waals surface area contributed by atoms with Gasteiger partial charge in [0.2, 0.25) is 0 Å². The van der Waals surface area contributed by atoms with E-state index in [1.807, 2.05) is 23.9 Å². The molecule has 1 unspecified atom stereocenters. The quantitative estimate of drug-likeness (QED) is 0.629. The average Bonchev–Trinajstić information content (AvgIpc) is 3.08. The lowest BCUT2D eigenvalue weighted by Crippen LogP contribution is -2.22. The van der Waals surface area contributed by atoms with Crippen LogP contribution in [0.4, 0.5) is 5.82 Å². The Hall–Kier alpha value is -2.60. The molecule has 1 atom stereocenters. The fourth-order valence-electron chi connectivity index (χ4n) is 3.78. The van der Waals surface area contributed by atoms with E-state index in [4.69, 9.17) is 0 Å². The normalized spacial score (nSPS) is 15.9. The van der Waals surface area contributed by atoms with E-state index in [0.29, 0.717) is 5.56 Å². The van der Waals surface area contributed by atoms with Crippen molar-refractivity contribution in [2.45, 2.75) is 44.2 Å². The summed E-state index contributed by atoms with van der Waals surface area (Å²) >= 11 is 1.63. The van der Waals surface area contributed by atoms with Crippen LogP contribution in [0, 0.1) is 6.92 Å². The maximum absolute atomic E-state index is 12.9. The van der Waals surface area contributed by atoms with E-state index in [-0.39, 0.29) is 11.9 Å². The Morgan fingerprint density at radius 3 is 3.04 bits per heavy atom. The second-order valence-electron chi connectivity index (χ2n) is 7.00. The zero-order chi connectivity index (χ0) is 19.5. The summed E-state index contributed by atoms with van der Waals surface area (Å²) < 4.78 is 1.98. The van der Waals surface area contributed by atoms with E-state index in [2.05, 4.69) is 46.6 Å². The highest BCUT2D eigenvalue weighted by atomic mass is 32.2. The van der Waals surface area contributed by atoms with Gasteiger partial charge in [0.1, 0.15) is 5.82 Å². The van der Waals surface area contributed by atoms with Gasteiger partial charge in [-0.2, -0.15) is 5.10 Å². The van der Waals surface area contributed by atoms with Crippen molar-refractivity contribution < 1.29 is 4.79 Å². The van der Waals surface area contributed by atoms with Crippen LogP contribution in [0.2, 0.25) is 0 Å². The zero-order valence-corrected chi connectivity index (χ0v) is 17.0. The second kappa shape index (κ2) is 8.19. The molecule has 1 aliphatic carbocycles. The number of aromatic nitrogens is 3. The van der Waals surface area contributed by atoms with Crippen molar-refractivity contribution in [3.8, 4) is 0 Å². The molecule has 0 fully saturated rings. The van der Waals surface area contributed by atoms with Crippen LogP contribution in [0.15, 0.2) is 53.8 Å². The number of thioether (sulfide) groups is 1. The van der Waals surface area contributed by atoms with Gasteiger partial charge in [0, 0.05) is 17.3 Å². The summed E-state index contributed by atoms with van der Waals surface area (Å²) in [6.07, 6.45) is 6.76. The number of benzene rings is 1. The number of hydrogen-bond donors (Lipinski definition) is 1. The third-order valence-electron chi connectivity index (χ3n) is 5.13. The summed E-state index contributed by atoms with van der Waals surface area (Å²) in [6, 6.07) is 12.3. The van der Waals surface area contributed by atoms with Crippen LogP contribution in [-0.4, -0.2) is 26.4 Å². The Morgan fingerprint density at radius 1 is 1.32 bits per heavy atom. The van der Waals surface area contributed by atoms with Crippen LogP contribution in [0.1, 0.15) is 52.9 Å². The highest BCUT2D eigenvalue weighted by molar-refractivity contribution is 7.99. The van der Waals surface area contributed by atoms with Crippen molar-refractivity contribution in [3.05, 3.63) is 71.0 Å². The number of amides is 1. The third kappa shape index (κ3) is 3.69. The smallest absolute Gasteiger partial charge is 0.256 e. The average molecular weight is 393 g/mol. The Bertz CT molecular complexity index is 998.